The normalized spacial score (nSPS) is 17.1. The number of hydrogen-bond donors (Lipinski definition) is 1. The highest BCUT2D eigenvalue weighted by atomic mass is 16.5. The van der Waals surface area contributed by atoms with Crippen LogP contribution in [0.1, 0.15) is 18.4 Å². The molecule has 1 aromatic heterocycles. The molecule has 1 aliphatic heterocycles. The molecule has 0 saturated carbocycles. The second-order valence-electron chi connectivity index (χ2n) is 4.51. The second-order valence-corrected chi connectivity index (χ2v) is 4.51. The molecule has 94 valence electrons. The molecule has 4 heteroatoms. The predicted molar refractivity (Wildman–Crippen MR) is 69.2 cm³/mol. The molecule has 0 aromatic carbocycles. The van der Waals surface area contributed by atoms with E-state index in [0.29, 0.717) is 6.04 Å². The van der Waals surface area contributed by atoms with Crippen molar-refractivity contribution < 1.29 is 4.74 Å². The van der Waals surface area contributed by atoms with Crippen molar-refractivity contribution in [1.29, 1.82) is 0 Å². The van der Waals surface area contributed by atoms with Gasteiger partial charge in [-0.2, -0.15) is 0 Å². The van der Waals surface area contributed by atoms with Crippen LogP contribution in [0.4, 0.5) is 5.82 Å². The van der Waals surface area contributed by atoms with E-state index in [4.69, 9.17) is 4.74 Å². The molecule has 1 N–H and O–H groups in total. The molecule has 2 rings (SSSR count). The van der Waals surface area contributed by atoms with Gasteiger partial charge in [-0.3, -0.25) is 0 Å². The number of rotatable bonds is 4. The Morgan fingerprint density at radius 3 is 2.76 bits per heavy atom. The molecule has 1 aromatic rings. The zero-order valence-corrected chi connectivity index (χ0v) is 10.6. The Balaban J connectivity index is 2.00. The summed E-state index contributed by atoms with van der Waals surface area (Å²) >= 11 is 0. The molecule has 0 unspecified atom stereocenters. The van der Waals surface area contributed by atoms with E-state index in [0.717, 1.165) is 38.4 Å². The van der Waals surface area contributed by atoms with Crippen LogP contribution in [0.2, 0.25) is 0 Å². The summed E-state index contributed by atoms with van der Waals surface area (Å²) in [6.45, 7) is 2.61. The Morgan fingerprint density at radius 2 is 2.18 bits per heavy atom. The highest BCUT2D eigenvalue weighted by Gasteiger charge is 2.19. The fraction of sp³-hybridized carbons (Fsp3) is 0.615. The minimum absolute atomic E-state index is 0.561. The minimum atomic E-state index is 0.561. The van der Waals surface area contributed by atoms with E-state index in [1.165, 1.54) is 5.56 Å². The van der Waals surface area contributed by atoms with Gasteiger partial charge in [0.1, 0.15) is 5.82 Å². The predicted octanol–water partition coefficient (Wildman–Crippen LogP) is 1.42. The van der Waals surface area contributed by atoms with Gasteiger partial charge in [-0.05, 0) is 31.5 Å². The number of anilines is 1. The Labute approximate surface area is 103 Å². The fourth-order valence-electron chi connectivity index (χ4n) is 2.19. The van der Waals surface area contributed by atoms with Crippen LogP contribution in [0, 0.1) is 0 Å². The number of aromatic nitrogens is 1. The first kappa shape index (κ1) is 12.3. The zero-order valence-electron chi connectivity index (χ0n) is 10.6. The van der Waals surface area contributed by atoms with E-state index in [9.17, 15) is 0 Å². The Kier molecular flexibility index (Phi) is 4.34. The van der Waals surface area contributed by atoms with Crippen molar-refractivity contribution in [3.8, 4) is 0 Å². The molecule has 4 nitrogen and oxygen atoms in total. The average molecular weight is 235 g/mol. The first-order valence-electron chi connectivity index (χ1n) is 6.21. The fourth-order valence-corrected chi connectivity index (χ4v) is 2.19. The quantitative estimate of drug-likeness (QED) is 0.856. The largest absolute Gasteiger partial charge is 0.381 e. The van der Waals surface area contributed by atoms with E-state index in [-0.39, 0.29) is 0 Å². The molecular weight excluding hydrogens is 214 g/mol. The van der Waals surface area contributed by atoms with Crippen molar-refractivity contribution >= 4 is 5.82 Å². The van der Waals surface area contributed by atoms with E-state index in [1.807, 2.05) is 13.2 Å². The van der Waals surface area contributed by atoms with Crippen molar-refractivity contribution in [3.05, 3.63) is 23.9 Å². The molecule has 0 aliphatic carbocycles. The number of hydrogen-bond acceptors (Lipinski definition) is 4. The van der Waals surface area contributed by atoms with Crippen molar-refractivity contribution in [2.75, 3.05) is 32.2 Å². The van der Waals surface area contributed by atoms with Crippen LogP contribution in [0.15, 0.2) is 18.3 Å². The summed E-state index contributed by atoms with van der Waals surface area (Å²) < 4.78 is 5.38. The number of ether oxygens (including phenoxy) is 1. The van der Waals surface area contributed by atoms with E-state index in [2.05, 4.69) is 34.4 Å². The van der Waals surface area contributed by atoms with Gasteiger partial charge in [0, 0.05) is 39.0 Å². The highest BCUT2D eigenvalue weighted by molar-refractivity contribution is 5.39. The van der Waals surface area contributed by atoms with Crippen LogP contribution in [0.5, 0.6) is 0 Å². The first-order chi connectivity index (χ1) is 8.31. The van der Waals surface area contributed by atoms with Gasteiger partial charge in [0.2, 0.25) is 0 Å². The molecule has 0 atom stereocenters. The summed E-state index contributed by atoms with van der Waals surface area (Å²) in [5.74, 6) is 1.05. The first-order valence-corrected chi connectivity index (χ1v) is 6.21. The zero-order chi connectivity index (χ0) is 12.1. The van der Waals surface area contributed by atoms with Gasteiger partial charge in [-0.1, -0.05) is 6.07 Å². The lowest BCUT2D eigenvalue weighted by Gasteiger charge is -2.32. The Morgan fingerprint density at radius 1 is 1.41 bits per heavy atom. The van der Waals surface area contributed by atoms with Crippen molar-refractivity contribution in [2.45, 2.75) is 25.4 Å². The average Bonchev–Trinajstić information content (AvgIpc) is 2.40. The summed E-state index contributed by atoms with van der Waals surface area (Å²) in [7, 11) is 4.07. The molecule has 0 spiro atoms. The van der Waals surface area contributed by atoms with Crippen LogP contribution in [-0.2, 0) is 11.3 Å². The lowest BCUT2D eigenvalue weighted by molar-refractivity contribution is 0.0853. The van der Waals surface area contributed by atoms with Crippen molar-refractivity contribution in [3.63, 3.8) is 0 Å². The van der Waals surface area contributed by atoms with Gasteiger partial charge >= 0.3 is 0 Å². The molecule has 1 aliphatic rings. The summed E-state index contributed by atoms with van der Waals surface area (Å²) in [5, 5.41) is 3.13. The molecular formula is C13H21N3O. The Hall–Kier alpha value is -1.13. The number of nitrogens with one attached hydrogen (secondary N) is 1. The number of nitrogens with zero attached hydrogens (tertiary/aromatic N) is 2. The van der Waals surface area contributed by atoms with Gasteiger partial charge in [0.15, 0.2) is 0 Å². The summed E-state index contributed by atoms with van der Waals surface area (Å²) in [6, 6.07) is 4.79. The molecule has 1 fully saturated rings. The van der Waals surface area contributed by atoms with Crippen LogP contribution >= 0.6 is 0 Å². The summed E-state index contributed by atoms with van der Waals surface area (Å²) in [5.41, 5.74) is 1.22. The van der Waals surface area contributed by atoms with Gasteiger partial charge in [-0.15, -0.1) is 0 Å². The molecule has 0 bridgehead atoms. The van der Waals surface area contributed by atoms with E-state index >= 15 is 0 Å². The number of pyridine rings is 1. The van der Waals surface area contributed by atoms with E-state index < -0.39 is 0 Å². The second kappa shape index (κ2) is 5.98. The third kappa shape index (κ3) is 3.17. The maximum atomic E-state index is 5.38. The summed E-state index contributed by atoms with van der Waals surface area (Å²) in [4.78, 5) is 6.79. The monoisotopic (exact) mass is 235 g/mol. The highest BCUT2D eigenvalue weighted by Crippen LogP contribution is 2.19. The summed E-state index contributed by atoms with van der Waals surface area (Å²) in [6.07, 6.45) is 4.13. The molecule has 2 heterocycles. The molecule has 1 saturated heterocycles. The Bertz CT molecular complexity index is 333. The van der Waals surface area contributed by atoms with Crippen LogP contribution < -0.4 is 10.2 Å². The minimum Gasteiger partial charge on any atom is -0.381 e. The standard InChI is InChI=1S/C13H21N3O/c1-14-9-11-3-4-13(15-10-11)16(2)12-5-7-17-8-6-12/h3-4,10,12,14H,5-9H2,1-2H3. The van der Waals surface area contributed by atoms with Gasteiger partial charge < -0.3 is 15.0 Å². The van der Waals surface area contributed by atoms with Crippen molar-refractivity contribution in [2.24, 2.45) is 0 Å². The van der Waals surface area contributed by atoms with Crippen molar-refractivity contribution in [1.82, 2.24) is 10.3 Å². The maximum Gasteiger partial charge on any atom is 0.128 e. The third-order valence-corrected chi connectivity index (χ3v) is 3.29. The molecule has 0 amide bonds. The van der Waals surface area contributed by atoms with Crippen LogP contribution in [0.25, 0.3) is 0 Å². The third-order valence-electron chi connectivity index (χ3n) is 3.29. The topological polar surface area (TPSA) is 37.4 Å². The SMILES string of the molecule is CNCc1ccc(N(C)C2CCOCC2)nc1. The van der Waals surface area contributed by atoms with E-state index in [1.54, 1.807) is 0 Å². The molecule has 17 heavy (non-hydrogen) atoms. The van der Waals surface area contributed by atoms with Crippen LogP contribution in [0.3, 0.4) is 0 Å². The van der Waals surface area contributed by atoms with Gasteiger partial charge in [0.25, 0.3) is 0 Å². The van der Waals surface area contributed by atoms with Crippen LogP contribution in [-0.4, -0.2) is 38.3 Å². The smallest absolute Gasteiger partial charge is 0.128 e. The molecule has 0 radical (unpaired) electrons. The maximum absolute atomic E-state index is 5.38. The van der Waals surface area contributed by atoms with Gasteiger partial charge in [0.05, 0.1) is 0 Å². The lowest BCUT2D eigenvalue weighted by Crippen LogP contribution is -2.37. The van der Waals surface area contributed by atoms with Gasteiger partial charge in [-0.25, -0.2) is 4.98 Å². The lowest BCUT2D eigenvalue weighted by atomic mass is 10.1.